The molecule has 0 N–H and O–H groups in total. The number of anilines is 2. The van der Waals surface area contributed by atoms with Crippen LogP contribution in [0, 0.1) is 0 Å². The number of piperazine rings is 1. The lowest BCUT2D eigenvalue weighted by Crippen LogP contribution is -2.51. The molecule has 2 aromatic carbocycles. The summed E-state index contributed by atoms with van der Waals surface area (Å²) in [5.74, 6) is 1.27. The van der Waals surface area contributed by atoms with Gasteiger partial charge in [0.1, 0.15) is 19.8 Å². The first-order chi connectivity index (χ1) is 16.0. The van der Waals surface area contributed by atoms with Crippen molar-refractivity contribution in [3.8, 4) is 11.5 Å². The van der Waals surface area contributed by atoms with Gasteiger partial charge in [0.2, 0.25) is 5.91 Å². The zero-order valence-corrected chi connectivity index (χ0v) is 19.5. The van der Waals surface area contributed by atoms with Crippen LogP contribution in [0.1, 0.15) is 0 Å². The third-order valence-electron chi connectivity index (χ3n) is 6.16. The quantitative estimate of drug-likeness (QED) is 0.657. The summed E-state index contributed by atoms with van der Waals surface area (Å²) in [6, 6.07) is 10.9. The van der Waals surface area contributed by atoms with E-state index >= 15 is 0 Å². The Kier molecular flexibility index (Phi) is 6.12. The van der Waals surface area contributed by atoms with Gasteiger partial charge in [-0.2, -0.15) is 0 Å². The van der Waals surface area contributed by atoms with E-state index in [9.17, 15) is 9.59 Å². The maximum atomic E-state index is 13.0. The number of nitrogens with zero attached hydrogens (tertiary/aromatic N) is 4. The number of carbonyl (C=O) groups excluding carboxylic acids is 2. The number of amides is 3. The fraction of sp³-hybridized carbons (Fsp3) is 0.391. The Hall–Kier alpha value is -2.84. The molecule has 3 heterocycles. The zero-order chi connectivity index (χ0) is 22.9. The lowest BCUT2D eigenvalue weighted by molar-refractivity contribution is -0.131. The van der Waals surface area contributed by atoms with Gasteiger partial charge in [0, 0.05) is 51.0 Å². The van der Waals surface area contributed by atoms with Gasteiger partial charge < -0.3 is 24.2 Å². The van der Waals surface area contributed by atoms with Crippen molar-refractivity contribution in [3.63, 3.8) is 0 Å². The number of rotatable bonds is 4. The molecule has 2 fully saturated rings. The molecule has 0 unspecified atom stereocenters. The predicted octanol–water partition coefficient (Wildman–Crippen LogP) is 3.36. The van der Waals surface area contributed by atoms with Gasteiger partial charge in [-0.05, 0) is 24.3 Å². The van der Waals surface area contributed by atoms with E-state index in [-0.39, 0.29) is 18.5 Å². The van der Waals surface area contributed by atoms with Crippen LogP contribution in [0.5, 0.6) is 11.5 Å². The van der Waals surface area contributed by atoms with E-state index in [2.05, 4.69) is 4.90 Å². The summed E-state index contributed by atoms with van der Waals surface area (Å²) in [4.78, 5) is 33.1. The van der Waals surface area contributed by atoms with Crippen LogP contribution in [-0.4, -0.2) is 80.8 Å². The van der Waals surface area contributed by atoms with E-state index in [0.29, 0.717) is 74.0 Å². The molecule has 10 heteroatoms. The first-order valence-electron chi connectivity index (χ1n) is 10.9. The molecule has 2 saturated heterocycles. The second kappa shape index (κ2) is 9.19. The number of fused-ring (bicyclic) bond motifs is 1. The molecule has 0 spiro atoms. The van der Waals surface area contributed by atoms with Crippen LogP contribution in [0.15, 0.2) is 36.4 Å². The first-order valence-corrected chi connectivity index (χ1v) is 11.7. The topological polar surface area (TPSA) is 65.6 Å². The second-order valence-corrected chi connectivity index (χ2v) is 8.91. The zero-order valence-electron chi connectivity index (χ0n) is 18.0. The van der Waals surface area contributed by atoms with Crippen molar-refractivity contribution in [1.29, 1.82) is 0 Å². The van der Waals surface area contributed by atoms with E-state index in [0.717, 1.165) is 11.4 Å². The highest BCUT2D eigenvalue weighted by Crippen LogP contribution is 2.35. The Morgan fingerprint density at radius 2 is 1.67 bits per heavy atom. The summed E-state index contributed by atoms with van der Waals surface area (Å²) in [7, 11) is 0. The molecule has 174 valence electrons. The second-order valence-electron chi connectivity index (χ2n) is 8.12. The molecule has 0 atom stereocenters. The smallest absolute Gasteiger partial charge is 0.325 e. The van der Waals surface area contributed by atoms with Crippen molar-refractivity contribution in [2.45, 2.75) is 0 Å². The third kappa shape index (κ3) is 4.37. The Morgan fingerprint density at radius 1 is 0.909 bits per heavy atom. The minimum Gasteiger partial charge on any atom is -0.486 e. The highest BCUT2D eigenvalue weighted by atomic mass is 35.5. The van der Waals surface area contributed by atoms with Crippen molar-refractivity contribution in [2.75, 3.05) is 68.8 Å². The summed E-state index contributed by atoms with van der Waals surface area (Å²) in [5.41, 5.74) is 1.62. The van der Waals surface area contributed by atoms with Gasteiger partial charge >= 0.3 is 6.03 Å². The number of hydrogen-bond donors (Lipinski definition) is 0. The molecule has 0 radical (unpaired) electrons. The molecular weight excluding hydrogens is 467 g/mol. The molecule has 0 bridgehead atoms. The van der Waals surface area contributed by atoms with Gasteiger partial charge in [-0.15, -0.1) is 0 Å². The summed E-state index contributed by atoms with van der Waals surface area (Å²) < 4.78 is 11.2. The molecule has 5 rings (SSSR count). The van der Waals surface area contributed by atoms with Crippen molar-refractivity contribution in [1.82, 2.24) is 9.80 Å². The standard InChI is InChI=1S/C23H24Cl2N4O4/c24-17-2-1-3-18(22(17)25)26-6-8-27(9-7-26)21(30)15-28-10-11-29(23(28)31)16-4-5-19-20(14-16)33-13-12-32-19/h1-5,14H,6-13,15H2. The number of benzene rings is 2. The molecule has 0 aromatic heterocycles. The van der Waals surface area contributed by atoms with Gasteiger partial charge in [-0.3, -0.25) is 9.69 Å². The summed E-state index contributed by atoms with van der Waals surface area (Å²) in [6.45, 7) is 4.53. The van der Waals surface area contributed by atoms with Crippen LogP contribution in [0.2, 0.25) is 10.0 Å². The van der Waals surface area contributed by atoms with Crippen LogP contribution >= 0.6 is 23.2 Å². The monoisotopic (exact) mass is 490 g/mol. The summed E-state index contributed by atoms with van der Waals surface area (Å²) in [5, 5.41) is 1.05. The van der Waals surface area contributed by atoms with E-state index in [1.54, 1.807) is 20.8 Å². The molecule has 8 nitrogen and oxygen atoms in total. The molecule has 0 saturated carbocycles. The fourth-order valence-electron chi connectivity index (χ4n) is 4.37. The number of halogens is 2. The molecule has 3 amide bonds. The summed E-state index contributed by atoms with van der Waals surface area (Å²) in [6.07, 6.45) is 0. The van der Waals surface area contributed by atoms with E-state index < -0.39 is 0 Å². The average molecular weight is 491 g/mol. The van der Waals surface area contributed by atoms with Crippen LogP contribution in [0.4, 0.5) is 16.2 Å². The fourth-order valence-corrected chi connectivity index (χ4v) is 4.78. The lowest BCUT2D eigenvalue weighted by atomic mass is 10.2. The van der Waals surface area contributed by atoms with Gasteiger partial charge in [0.05, 0.1) is 15.7 Å². The molecule has 3 aliphatic rings. The highest BCUT2D eigenvalue weighted by Gasteiger charge is 2.33. The lowest BCUT2D eigenvalue weighted by Gasteiger charge is -2.37. The van der Waals surface area contributed by atoms with Crippen LogP contribution in [0.25, 0.3) is 0 Å². The molecule has 2 aromatic rings. The van der Waals surface area contributed by atoms with Crippen molar-refractivity contribution in [3.05, 3.63) is 46.4 Å². The Bertz CT molecular complexity index is 1070. The average Bonchev–Trinajstić information content (AvgIpc) is 3.20. The SMILES string of the molecule is O=C(CN1CCN(c2ccc3c(c2)OCCO3)C1=O)N1CCN(c2cccc(Cl)c2Cl)CC1. The maximum absolute atomic E-state index is 13.0. The van der Waals surface area contributed by atoms with Gasteiger partial charge in [-0.1, -0.05) is 29.3 Å². The molecular formula is C23H24Cl2N4O4. The third-order valence-corrected chi connectivity index (χ3v) is 6.97. The van der Waals surface area contributed by atoms with Crippen LogP contribution in [-0.2, 0) is 4.79 Å². The number of hydrogen-bond acceptors (Lipinski definition) is 5. The van der Waals surface area contributed by atoms with E-state index in [1.807, 2.05) is 30.3 Å². The van der Waals surface area contributed by atoms with Crippen LogP contribution < -0.4 is 19.3 Å². The highest BCUT2D eigenvalue weighted by molar-refractivity contribution is 6.43. The van der Waals surface area contributed by atoms with Crippen LogP contribution in [0.3, 0.4) is 0 Å². The number of carbonyl (C=O) groups is 2. The Labute approximate surface area is 202 Å². The largest absolute Gasteiger partial charge is 0.486 e. The minimum atomic E-state index is -0.177. The van der Waals surface area contributed by atoms with Gasteiger partial charge in [-0.25, -0.2) is 4.79 Å². The minimum absolute atomic E-state index is 0.0517. The van der Waals surface area contributed by atoms with Crippen molar-refractivity contribution >= 4 is 46.5 Å². The van der Waals surface area contributed by atoms with Crippen molar-refractivity contribution < 1.29 is 19.1 Å². The Balaban J connectivity index is 1.17. The normalized spacial score (nSPS) is 18.2. The first kappa shape index (κ1) is 22.0. The van der Waals surface area contributed by atoms with Crippen molar-refractivity contribution in [2.24, 2.45) is 0 Å². The number of ether oxygens (including phenoxy) is 2. The maximum Gasteiger partial charge on any atom is 0.325 e. The van der Waals surface area contributed by atoms with Gasteiger partial charge in [0.25, 0.3) is 0 Å². The Morgan fingerprint density at radius 3 is 2.45 bits per heavy atom. The van der Waals surface area contributed by atoms with E-state index in [1.165, 1.54) is 0 Å². The summed E-state index contributed by atoms with van der Waals surface area (Å²) >= 11 is 12.5. The number of urea groups is 1. The predicted molar refractivity (Wildman–Crippen MR) is 127 cm³/mol. The molecule has 0 aliphatic carbocycles. The molecule has 33 heavy (non-hydrogen) atoms. The van der Waals surface area contributed by atoms with E-state index in [4.69, 9.17) is 32.7 Å². The molecule has 3 aliphatic heterocycles. The van der Waals surface area contributed by atoms with Gasteiger partial charge in [0.15, 0.2) is 11.5 Å².